The Balaban J connectivity index is 2.77. The first-order valence-electron chi connectivity index (χ1n) is 8.21. The quantitative estimate of drug-likeness (QED) is 0.405. The second-order valence-corrected chi connectivity index (χ2v) is 7.54. The molecule has 0 aliphatic heterocycles. The molecule has 0 bridgehead atoms. The molecule has 0 aromatic heterocycles. The number of esters is 2. The molecular formula is C18H23NO7S. The van der Waals surface area contributed by atoms with Crippen molar-refractivity contribution in [3.05, 3.63) is 30.3 Å². The third-order valence-corrected chi connectivity index (χ3v) is 4.32. The van der Waals surface area contributed by atoms with E-state index in [2.05, 4.69) is 10.1 Å². The molecule has 27 heavy (non-hydrogen) atoms. The van der Waals surface area contributed by atoms with E-state index in [-0.39, 0.29) is 6.42 Å². The highest BCUT2D eigenvalue weighted by molar-refractivity contribution is 8.14. The smallest absolute Gasteiger partial charge is 0.370 e. The molecule has 1 amide bonds. The number of benzene rings is 1. The Kier molecular flexibility index (Phi) is 8.80. The van der Waals surface area contributed by atoms with Gasteiger partial charge in [-0.05, 0) is 37.7 Å². The van der Waals surface area contributed by atoms with Gasteiger partial charge < -0.3 is 19.5 Å². The fourth-order valence-corrected chi connectivity index (χ4v) is 2.74. The van der Waals surface area contributed by atoms with Crippen LogP contribution in [0.4, 0.5) is 4.79 Å². The zero-order chi connectivity index (χ0) is 20.4. The van der Waals surface area contributed by atoms with Crippen LogP contribution in [0.1, 0.15) is 34.1 Å². The van der Waals surface area contributed by atoms with Crippen LogP contribution in [0.2, 0.25) is 0 Å². The number of amides is 1. The van der Waals surface area contributed by atoms with E-state index >= 15 is 0 Å². The van der Waals surface area contributed by atoms with Crippen molar-refractivity contribution in [2.24, 2.45) is 0 Å². The average Bonchev–Trinajstić information content (AvgIpc) is 2.59. The van der Waals surface area contributed by atoms with E-state index in [1.165, 1.54) is 6.92 Å². The summed E-state index contributed by atoms with van der Waals surface area (Å²) in [5.41, 5.74) is 0. The molecule has 0 saturated carbocycles. The molecule has 1 N–H and O–H groups in total. The number of nitrogens with one attached hydrogen (secondary N) is 1. The lowest BCUT2D eigenvalue weighted by Crippen LogP contribution is -2.54. The van der Waals surface area contributed by atoms with Gasteiger partial charge in [-0.1, -0.05) is 25.1 Å². The van der Waals surface area contributed by atoms with Crippen LogP contribution in [0.15, 0.2) is 30.3 Å². The summed E-state index contributed by atoms with van der Waals surface area (Å²) in [4.78, 5) is 47.1. The van der Waals surface area contributed by atoms with Gasteiger partial charge in [0.05, 0.1) is 4.75 Å². The maximum Gasteiger partial charge on any atom is 0.370 e. The van der Waals surface area contributed by atoms with Gasteiger partial charge >= 0.3 is 17.2 Å². The van der Waals surface area contributed by atoms with Gasteiger partial charge in [-0.25, -0.2) is 9.59 Å². The van der Waals surface area contributed by atoms with E-state index in [4.69, 9.17) is 9.47 Å². The van der Waals surface area contributed by atoms with Crippen molar-refractivity contribution < 1.29 is 33.4 Å². The van der Waals surface area contributed by atoms with Gasteiger partial charge in [0.1, 0.15) is 11.8 Å². The summed E-state index contributed by atoms with van der Waals surface area (Å²) in [6, 6.07) is 7.24. The Morgan fingerprint density at radius 3 is 2.30 bits per heavy atom. The molecule has 0 fully saturated rings. The minimum Gasteiger partial charge on any atom is -0.428 e. The van der Waals surface area contributed by atoms with E-state index in [1.807, 2.05) is 0 Å². The Hall–Kier alpha value is -2.55. The third kappa shape index (κ3) is 8.12. The van der Waals surface area contributed by atoms with E-state index in [1.54, 1.807) is 51.1 Å². The summed E-state index contributed by atoms with van der Waals surface area (Å²) in [7, 11) is 0. The molecule has 0 heterocycles. The summed E-state index contributed by atoms with van der Waals surface area (Å²) in [6.07, 6.45) is 0.159. The average molecular weight is 397 g/mol. The number of hydrogen-bond acceptors (Lipinski definition) is 8. The molecule has 8 nitrogen and oxygen atoms in total. The van der Waals surface area contributed by atoms with Crippen LogP contribution in [0.5, 0.6) is 5.75 Å². The molecular weight excluding hydrogens is 374 g/mol. The molecule has 0 aliphatic rings. The topological polar surface area (TPSA) is 108 Å². The molecule has 1 atom stereocenters. The second kappa shape index (κ2) is 10.6. The van der Waals surface area contributed by atoms with Crippen molar-refractivity contribution in [3.63, 3.8) is 0 Å². The SMILES string of the molecule is CCC(=O)OCOC(=O)SC(C)(C)[C@@H](NC(C)=O)C(=O)Oc1ccccc1. The molecule has 0 radical (unpaired) electrons. The lowest BCUT2D eigenvalue weighted by molar-refractivity contribution is -0.150. The van der Waals surface area contributed by atoms with E-state index < -0.39 is 40.7 Å². The van der Waals surface area contributed by atoms with E-state index in [0.717, 1.165) is 0 Å². The Labute approximate surface area is 161 Å². The minimum absolute atomic E-state index is 0.159. The first-order valence-corrected chi connectivity index (χ1v) is 9.02. The lowest BCUT2D eigenvalue weighted by atomic mass is 10.0. The first-order chi connectivity index (χ1) is 12.7. The van der Waals surface area contributed by atoms with Crippen LogP contribution in [-0.4, -0.2) is 40.7 Å². The largest absolute Gasteiger partial charge is 0.428 e. The van der Waals surface area contributed by atoms with Gasteiger partial charge in [-0.2, -0.15) is 0 Å². The van der Waals surface area contributed by atoms with Gasteiger partial charge in [0.2, 0.25) is 12.7 Å². The summed E-state index contributed by atoms with van der Waals surface area (Å²) in [6.45, 7) is 5.52. The number of thioether (sulfide) groups is 1. The van der Waals surface area contributed by atoms with Gasteiger partial charge in [0.25, 0.3) is 0 Å². The van der Waals surface area contributed by atoms with Crippen molar-refractivity contribution in [1.29, 1.82) is 0 Å². The highest BCUT2D eigenvalue weighted by Crippen LogP contribution is 2.31. The van der Waals surface area contributed by atoms with Crippen LogP contribution >= 0.6 is 11.8 Å². The number of carbonyl (C=O) groups is 4. The van der Waals surface area contributed by atoms with Gasteiger partial charge in [0.15, 0.2) is 0 Å². The number of rotatable bonds is 8. The molecule has 1 aromatic carbocycles. The van der Waals surface area contributed by atoms with Crippen molar-refractivity contribution >= 4 is 34.9 Å². The van der Waals surface area contributed by atoms with Crippen LogP contribution < -0.4 is 10.1 Å². The zero-order valence-electron chi connectivity index (χ0n) is 15.6. The molecule has 0 spiro atoms. The Bertz CT molecular complexity index is 676. The van der Waals surface area contributed by atoms with Crippen LogP contribution in [-0.2, 0) is 23.9 Å². The van der Waals surface area contributed by atoms with Crippen molar-refractivity contribution in [2.75, 3.05) is 6.79 Å². The van der Waals surface area contributed by atoms with Gasteiger partial charge in [0, 0.05) is 13.3 Å². The van der Waals surface area contributed by atoms with Crippen LogP contribution in [0.3, 0.4) is 0 Å². The highest BCUT2D eigenvalue weighted by atomic mass is 32.2. The fraction of sp³-hybridized carbons (Fsp3) is 0.444. The zero-order valence-corrected chi connectivity index (χ0v) is 16.5. The molecule has 0 aliphatic carbocycles. The molecule has 0 saturated heterocycles. The molecule has 148 valence electrons. The summed E-state index contributed by atoms with van der Waals surface area (Å²) in [5.74, 6) is -1.37. The fourth-order valence-electron chi connectivity index (χ4n) is 1.93. The predicted octanol–water partition coefficient (Wildman–Crippen LogP) is 2.66. The van der Waals surface area contributed by atoms with Gasteiger partial charge in [-0.15, -0.1) is 0 Å². The highest BCUT2D eigenvalue weighted by Gasteiger charge is 2.40. The summed E-state index contributed by atoms with van der Waals surface area (Å²) in [5, 5.41) is 1.74. The number of hydrogen-bond donors (Lipinski definition) is 1. The molecule has 9 heteroatoms. The predicted molar refractivity (Wildman–Crippen MR) is 99.1 cm³/mol. The van der Waals surface area contributed by atoms with Crippen molar-refractivity contribution in [1.82, 2.24) is 5.32 Å². The second-order valence-electron chi connectivity index (χ2n) is 5.96. The van der Waals surface area contributed by atoms with Gasteiger partial charge in [-0.3, -0.25) is 9.59 Å². The Morgan fingerprint density at radius 1 is 1.11 bits per heavy atom. The summed E-state index contributed by atoms with van der Waals surface area (Å²) >= 11 is 0.682. The number of para-hydroxylation sites is 1. The van der Waals surface area contributed by atoms with Crippen LogP contribution in [0.25, 0.3) is 0 Å². The molecule has 1 aromatic rings. The van der Waals surface area contributed by atoms with Crippen LogP contribution in [0, 0.1) is 0 Å². The standard InChI is InChI=1S/C18H23NO7S/c1-5-14(21)24-11-25-17(23)27-18(3,4)15(19-12(2)20)16(22)26-13-9-7-6-8-10-13/h6-10,15H,5,11H2,1-4H3,(H,19,20)/t15-/m0/s1. The maximum absolute atomic E-state index is 12.5. The molecule has 0 unspecified atom stereocenters. The Morgan fingerprint density at radius 2 is 1.74 bits per heavy atom. The third-order valence-electron chi connectivity index (χ3n) is 3.27. The summed E-state index contributed by atoms with van der Waals surface area (Å²) < 4.78 is 13.7. The monoisotopic (exact) mass is 397 g/mol. The minimum atomic E-state index is -1.12. The van der Waals surface area contributed by atoms with E-state index in [0.29, 0.717) is 17.5 Å². The maximum atomic E-state index is 12.5. The normalized spacial score (nSPS) is 11.9. The van der Waals surface area contributed by atoms with Crippen molar-refractivity contribution in [2.45, 2.75) is 44.9 Å². The number of ether oxygens (including phenoxy) is 3. The number of carbonyl (C=O) groups excluding carboxylic acids is 4. The molecule has 1 rings (SSSR count). The first kappa shape index (κ1) is 22.5. The van der Waals surface area contributed by atoms with Crippen molar-refractivity contribution in [3.8, 4) is 5.75 Å². The van der Waals surface area contributed by atoms with E-state index in [9.17, 15) is 19.2 Å². The lowest BCUT2D eigenvalue weighted by Gasteiger charge is -2.31.